The van der Waals surface area contributed by atoms with Gasteiger partial charge in [-0.1, -0.05) is 20.3 Å². The molecule has 0 aromatic carbocycles. The van der Waals surface area contributed by atoms with Gasteiger partial charge in [-0.25, -0.2) is 13.1 Å². The highest BCUT2D eigenvalue weighted by molar-refractivity contribution is 7.89. The maximum Gasteiger partial charge on any atom is 0.322 e. The third-order valence-corrected chi connectivity index (χ3v) is 3.94. The van der Waals surface area contributed by atoms with Gasteiger partial charge in [0, 0.05) is 0 Å². The van der Waals surface area contributed by atoms with E-state index in [9.17, 15) is 18.0 Å². The van der Waals surface area contributed by atoms with Gasteiger partial charge in [0.25, 0.3) is 0 Å². The van der Waals surface area contributed by atoms with Crippen LogP contribution in [0, 0.1) is 5.92 Å². The Morgan fingerprint density at radius 1 is 1.39 bits per heavy atom. The van der Waals surface area contributed by atoms with Crippen molar-refractivity contribution in [1.82, 2.24) is 4.72 Å². The smallest absolute Gasteiger partial charge is 0.322 e. The van der Waals surface area contributed by atoms with Gasteiger partial charge in [0.2, 0.25) is 10.0 Å². The Bertz CT molecular complexity index is 391. The van der Waals surface area contributed by atoms with Gasteiger partial charge in [0.05, 0.1) is 19.3 Å². The monoisotopic (exact) mass is 281 g/mol. The molecule has 2 N–H and O–H groups in total. The van der Waals surface area contributed by atoms with E-state index in [2.05, 4.69) is 9.46 Å². The number of rotatable bonds is 8. The zero-order valence-corrected chi connectivity index (χ0v) is 11.5. The highest BCUT2D eigenvalue weighted by Crippen LogP contribution is 2.09. The predicted octanol–water partition coefficient (Wildman–Crippen LogP) is -0.0318. The summed E-state index contributed by atoms with van der Waals surface area (Å²) < 4.78 is 29.6. The summed E-state index contributed by atoms with van der Waals surface area (Å²) in [6.07, 6.45) is 0.217. The van der Waals surface area contributed by atoms with Gasteiger partial charge in [-0.15, -0.1) is 0 Å². The first kappa shape index (κ1) is 16.9. The molecule has 0 bridgehead atoms. The Hall–Kier alpha value is -1.15. The summed E-state index contributed by atoms with van der Waals surface area (Å²) >= 11 is 0. The largest absolute Gasteiger partial charge is 0.480 e. The van der Waals surface area contributed by atoms with Gasteiger partial charge in [-0.05, 0) is 5.92 Å². The normalized spacial score (nSPS) is 14.8. The second-order valence-corrected chi connectivity index (χ2v) is 5.84. The fourth-order valence-corrected chi connectivity index (χ4v) is 2.49. The number of methoxy groups -OCH3 is 1. The van der Waals surface area contributed by atoms with E-state index < -0.39 is 33.8 Å². The molecule has 1 unspecified atom stereocenters. The van der Waals surface area contributed by atoms with Crippen LogP contribution in [0.2, 0.25) is 0 Å². The van der Waals surface area contributed by atoms with Crippen molar-refractivity contribution in [2.75, 3.05) is 12.9 Å². The number of aliphatic carboxylic acids is 1. The molecule has 0 saturated heterocycles. The second kappa shape index (κ2) is 7.32. The SMILES string of the molecule is CCC(C)[C@H](NS(=O)(=O)CCC(=O)OC)C(=O)O. The lowest BCUT2D eigenvalue weighted by Crippen LogP contribution is -2.45. The van der Waals surface area contributed by atoms with Crippen molar-refractivity contribution in [1.29, 1.82) is 0 Å². The number of carboxylic acid groups (broad SMARTS) is 1. The number of hydrogen-bond donors (Lipinski definition) is 2. The van der Waals surface area contributed by atoms with Crippen LogP contribution in [0.15, 0.2) is 0 Å². The van der Waals surface area contributed by atoms with Crippen molar-refractivity contribution >= 4 is 22.0 Å². The van der Waals surface area contributed by atoms with Gasteiger partial charge >= 0.3 is 11.9 Å². The van der Waals surface area contributed by atoms with Crippen LogP contribution < -0.4 is 4.72 Å². The number of hydrogen-bond acceptors (Lipinski definition) is 5. The molecule has 8 heteroatoms. The van der Waals surface area contributed by atoms with Crippen LogP contribution in [0.3, 0.4) is 0 Å². The minimum absolute atomic E-state index is 0.307. The maximum absolute atomic E-state index is 11.6. The second-order valence-electron chi connectivity index (χ2n) is 3.96. The Balaban J connectivity index is 4.62. The number of carboxylic acids is 1. The summed E-state index contributed by atoms with van der Waals surface area (Å²) in [5, 5.41) is 8.94. The van der Waals surface area contributed by atoms with Gasteiger partial charge in [0.1, 0.15) is 6.04 Å². The van der Waals surface area contributed by atoms with Crippen LogP contribution in [-0.2, 0) is 24.3 Å². The highest BCUT2D eigenvalue weighted by Gasteiger charge is 2.28. The van der Waals surface area contributed by atoms with Crippen LogP contribution >= 0.6 is 0 Å². The van der Waals surface area contributed by atoms with Crippen molar-refractivity contribution in [2.45, 2.75) is 32.7 Å². The molecule has 0 aliphatic carbocycles. The summed E-state index contributed by atoms with van der Waals surface area (Å²) in [4.78, 5) is 21.8. The first-order valence-corrected chi connectivity index (χ1v) is 7.18. The number of ether oxygens (including phenoxy) is 1. The molecule has 0 aromatic heterocycles. The molecule has 18 heavy (non-hydrogen) atoms. The van der Waals surface area contributed by atoms with Crippen LogP contribution in [0.5, 0.6) is 0 Å². The van der Waals surface area contributed by atoms with Crippen molar-refractivity contribution in [3.8, 4) is 0 Å². The van der Waals surface area contributed by atoms with E-state index in [0.717, 1.165) is 7.11 Å². The van der Waals surface area contributed by atoms with Gasteiger partial charge in [-0.2, -0.15) is 0 Å². The molecule has 106 valence electrons. The minimum atomic E-state index is -3.82. The van der Waals surface area contributed by atoms with Crippen LogP contribution in [0.25, 0.3) is 0 Å². The first-order valence-electron chi connectivity index (χ1n) is 5.53. The third kappa shape index (κ3) is 5.97. The van der Waals surface area contributed by atoms with E-state index in [4.69, 9.17) is 5.11 Å². The molecular formula is C10H19NO6S. The molecule has 0 spiro atoms. The fourth-order valence-electron chi connectivity index (χ4n) is 1.22. The van der Waals surface area contributed by atoms with Gasteiger partial charge < -0.3 is 9.84 Å². The molecule has 0 heterocycles. The van der Waals surface area contributed by atoms with Crippen LogP contribution in [0.4, 0.5) is 0 Å². The summed E-state index contributed by atoms with van der Waals surface area (Å²) in [5.41, 5.74) is 0. The number of esters is 1. The lowest BCUT2D eigenvalue weighted by molar-refractivity contribution is -0.140. The molecule has 0 amide bonds. The molecule has 0 aliphatic heterocycles. The highest BCUT2D eigenvalue weighted by atomic mass is 32.2. The van der Waals surface area contributed by atoms with Crippen molar-refractivity contribution in [3.63, 3.8) is 0 Å². The topological polar surface area (TPSA) is 110 Å². The van der Waals surface area contributed by atoms with Crippen molar-refractivity contribution in [2.24, 2.45) is 5.92 Å². The average molecular weight is 281 g/mol. The molecule has 7 nitrogen and oxygen atoms in total. The molecule has 0 saturated carbocycles. The Kier molecular flexibility index (Phi) is 6.85. The lowest BCUT2D eigenvalue weighted by Gasteiger charge is -2.19. The maximum atomic E-state index is 11.6. The molecule has 0 fully saturated rings. The minimum Gasteiger partial charge on any atom is -0.480 e. The van der Waals surface area contributed by atoms with Crippen molar-refractivity contribution < 1.29 is 27.9 Å². The number of carbonyl (C=O) groups is 2. The summed E-state index contributed by atoms with van der Waals surface area (Å²) in [5.74, 6) is -2.71. The first-order chi connectivity index (χ1) is 8.23. The van der Waals surface area contributed by atoms with Crippen molar-refractivity contribution in [3.05, 3.63) is 0 Å². The molecule has 2 atom stereocenters. The van der Waals surface area contributed by atoms with E-state index in [-0.39, 0.29) is 12.3 Å². The standard InChI is InChI=1S/C10H19NO6S/c1-4-7(2)9(10(13)14)11-18(15,16)6-5-8(12)17-3/h7,9,11H,4-6H2,1-3H3,(H,13,14)/t7?,9-/m0/s1. The molecular weight excluding hydrogens is 262 g/mol. The summed E-state index contributed by atoms with van der Waals surface area (Å²) in [7, 11) is -2.66. The van der Waals surface area contributed by atoms with Crippen LogP contribution in [0.1, 0.15) is 26.7 Å². The number of nitrogens with one attached hydrogen (secondary N) is 1. The predicted molar refractivity (Wildman–Crippen MR) is 64.4 cm³/mol. The Morgan fingerprint density at radius 3 is 2.33 bits per heavy atom. The Morgan fingerprint density at radius 2 is 1.94 bits per heavy atom. The fraction of sp³-hybridized carbons (Fsp3) is 0.800. The quantitative estimate of drug-likeness (QED) is 0.604. The summed E-state index contributed by atoms with van der Waals surface area (Å²) in [6, 6.07) is -1.18. The van der Waals surface area contributed by atoms with E-state index in [1.165, 1.54) is 0 Å². The number of sulfonamides is 1. The summed E-state index contributed by atoms with van der Waals surface area (Å²) in [6.45, 7) is 3.41. The zero-order valence-electron chi connectivity index (χ0n) is 10.7. The lowest BCUT2D eigenvalue weighted by atomic mass is 10.0. The Labute approximate surface area is 107 Å². The molecule has 0 aromatic rings. The third-order valence-electron chi connectivity index (χ3n) is 2.59. The molecule has 0 aliphatic rings. The van der Waals surface area contributed by atoms with E-state index in [1.54, 1.807) is 13.8 Å². The van der Waals surface area contributed by atoms with E-state index in [1.807, 2.05) is 0 Å². The van der Waals surface area contributed by atoms with Crippen LogP contribution in [-0.4, -0.2) is 44.4 Å². The van der Waals surface area contributed by atoms with E-state index >= 15 is 0 Å². The van der Waals surface area contributed by atoms with Gasteiger partial charge in [-0.3, -0.25) is 9.59 Å². The molecule has 0 radical (unpaired) electrons. The number of carbonyl (C=O) groups excluding carboxylic acids is 1. The molecule has 0 rings (SSSR count). The van der Waals surface area contributed by atoms with Gasteiger partial charge in [0.15, 0.2) is 0 Å². The zero-order chi connectivity index (χ0) is 14.3. The average Bonchev–Trinajstić information content (AvgIpc) is 2.31. The van der Waals surface area contributed by atoms with E-state index in [0.29, 0.717) is 6.42 Å².